The molecule has 0 saturated carbocycles. The lowest BCUT2D eigenvalue weighted by molar-refractivity contribution is 1.02. The van der Waals surface area contributed by atoms with Gasteiger partial charge in [0.05, 0.1) is 8.68 Å². The van der Waals surface area contributed by atoms with Crippen molar-refractivity contribution >= 4 is 44.8 Å². The molecule has 7 heteroatoms. The van der Waals surface area contributed by atoms with E-state index in [-0.39, 0.29) is 0 Å². The second kappa shape index (κ2) is 4.93. The minimum absolute atomic E-state index is 0.587. The molecule has 2 rings (SSSR count). The molecule has 2 heterocycles. The van der Waals surface area contributed by atoms with Crippen molar-refractivity contribution in [2.75, 3.05) is 5.43 Å². The number of halogens is 1. The summed E-state index contributed by atoms with van der Waals surface area (Å²) in [5, 5.41) is 2.87. The van der Waals surface area contributed by atoms with Crippen LogP contribution in [0.2, 0.25) is 0 Å². The number of nitrogens with zero attached hydrogens (tertiary/aromatic N) is 2. The molecule has 0 radical (unpaired) electrons. The third-order valence-corrected chi connectivity index (χ3v) is 4.64. The van der Waals surface area contributed by atoms with Gasteiger partial charge in [0.15, 0.2) is 5.82 Å². The van der Waals surface area contributed by atoms with Gasteiger partial charge in [-0.2, -0.15) is 0 Å². The molecule has 0 atom stereocenters. The van der Waals surface area contributed by atoms with E-state index in [0.717, 1.165) is 9.50 Å². The summed E-state index contributed by atoms with van der Waals surface area (Å²) in [6.07, 6.45) is 1.48. The molecular formula is C8H7BrN4S2. The second-order valence-electron chi connectivity index (χ2n) is 2.52. The molecule has 0 aliphatic heterocycles. The van der Waals surface area contributed by atoms with Crippen LogP contribution in [0, 0.1) is 0 Å². The van der Waals surface area contributed by atoms with Crippen molar-refractivity contribution in [3.05, 3.63) is 28.3 Å². The summed E-state index contributed by atoms with van der Waals surface area (Å²) in [4.78, 5) is 8.16. The normalized spacial score (nSPS) is 10.3. The predicted molar refractivity (Wildman–Crippen MR) is 66.0 cm³/mol. The summed E-state index contributed by atoms with van der Waals surface area (Å²) in [7, 11) is 0. The maximum atomic E-state index is 5.32. The molecule has 0 unspecified atom stereocenters. The van der Waals surface area contributed by atoms with Crippen molar-refractivity contribution in [3.8, 4) is 0 Å². The van der Waals surface area contributed by atoms with Crippen LogP contribution in [0.15, 0.2) is 37.5 Å². The van der Waals surface area contributed by atoms with Crippen molar-refractivity contribution in [1.29, 1.82) is 0 Å². The molecule has 0 spiro atoms. The summed E-state index contributed by atoms with van der Waals surface area (Å²) in [5.74, 6) is 5.90. The highest BCUT2D eigenvalue weighted by Gasteiger charge is 2.09. The molecule has 78 valence electrons. The zero-order chi connectivity index (χ0) is 10.7. The average molecular weight is 303 g/mol. The van der Waals surface area contributed by atoms with Crippen LogP contribution < -0.4 is 11.3 Å². The van der Waals surface area contributed by atoms with Gasteiger partial charge in [0.2, 0.25) is 0 Å². The molecule has 0 aliphatic rings. The molecular weight excluding hydrogens is 296 g/mol. The Hall–Kier alpha value is -0.630. The van der Waals surface area contributed by atoms with Crippen LogP contribution >= 0.6 is 39.0 Å². The molecule has 0 amide bonds. The van der Waals surface area contributed by atoms with E-state index in [1.54, 1.807) is 23.1 Å². The second-order valence-corrected chi connectivity index (χ2v) is 5.55. The Morgan fingerprint density at radius 1 is 1.47 bits per heavy atom. The highest BCUT2D eigenvalue weighted by Crippen LogP contribution is 2.36. The number of nitrogens with two attached hydrogens (primary N) is 1. The first kappa shape index (κ1) is 10.9. The summed E-state index contributed by atoms with van der Waals surface area (Å²) in [6.45, 7) is 0. The average Bonchev–Trinajstić information content (AvgIpc) is 2.74. The number of hydrogen-bond donors (Lipinski definition) is 2. The van der Waals surface area contributed by atoms with Gasteiger partial charge >= 0.3 is 0 Å². The van der Waals surface area contributed by atoms with Gasteiger partial charge in [0.1, 0.15) is 11.4 Å². The van der Waals surface area contributed by atoms with Crippen molar-refractivity contribution in [2.45, 2.75) is 9.24 Å². The number of aromatic nitrogens is 2. The van der Waals surface area contributed by atoms with Crippen LogP contribution in [-0.2, 0) is 0 Å². The van der Waals surface area contributed by atoms with Gasteiger partial charge in [0, 0.05) is 0 Å². The maximum absolute atomic E-state index is 5.32. The van der Waals surface area contributed by atoms with E-state index >= 15 is 0 Å². The third-order valence-electron chi connectivity index (χ3n) is 1.59. The molecule has 0 saturated heterocycles. The lowest BCUT2D eigenvalue weighted by Crippen LogP contribution is -2.09. The fraction of sp³-hybridized carbons (Fsp3) is 0. The van der Waals surface area contributed by atoms with Crippen molar-refractivity contribution < 1.29 is 0 Å². The molecule has 0 aliphatic carbocycles. The molecule has 0 fully saturated rings. The Labute approximate surface area is 103 Å². The Balaban J connectivity index is 2.29. The fourth-order valence-electron chi connectivity index (χ4n) is 0.942. The first-order chi connectivity index (χ1) is 7.31. The highest BCUT2D eigenvalue weighted by atomic mass is 79.9. The number of hydrazine groups is 1. The molecule has 4 nitrogen and oxygen atoms in total. The SMILES string of the molecule is NNc1ncnc(Sc2cccs2)c1Br. The van der Waals surface area contributed by atoms with E-state index in [0.29, 0.717) is 5.82 Å². The minimum Gasteiger partial charge on any atom is -0.307 e. The number of hydrogen-bond acceptors (Lipinski definition) is 6. The number of nitrogens with one attached hydrogen (secondary N) is 1. The fourth-order valence-corrected chi connectivity index (χ4v) is 3.17. The lowest BCUT2D eigenvalue weighted by Gasteiger charge is -2.05. The Kier molecular flexibility index (Phi) is 3.57. The van der Waals surface area contributed by atoms with Crippen LogP contribution in [0.25, 0.3) is 0 Å². The van der Waals surface area contributed by atoms with E-state index in [1.807, 2.05) is 17.5 Å². The summed E-state index contributed by atoms with van der Waals surface area (Å²) < 4.78 is 1.96. The molecule has 2 aromatic heterocycles. The number of thiophene rings is 1. The lowest BCUT2D eigenvalue weighted by atomic mass is 10.6. The number of rotatable bonds is 3. The highest BCUT2D eigenvalue weighted by molar-refractivity contribution is 9.10. The van der Waals surface area contributed by atoms with E-state index in [2.05, 4.69) is 31.3 Å². The van der Waals surface area contributed by atoms with Gasteiger partial charge in [0.25, 0.3) is 0 Å². The predicted octanol–water partition coefficient (Wildman–Crippen LogP) is 2.74. The van der Waals surface area contributed by atoms with E-state index in [9.17, 15) is 0 Å². The topological polar surface area (TPSA) is 63.8 Å². The third kappa shape index (κ3) is 2.49. The molecule has 15 heavy (non-hydrogen) atoms. The Morgan fingerprint density at radius 2 is 2.33 bits per heavy atom. The van der Waals surface area contributed by atoms with Crippen molar-refractivity contribution in [3.63, 3.8) is 0 Å². The Bertz CT molecular complexity index is 446. The first-order valence-corrected chi connectivity index (χ1v) is 6.48. The molecule has 0 aromatic carbocycles. The van der Waals surface area contributed by atoms with Gasteiger partial charge in [-0.05, 0) is 27.4 Å². The van der Waals surface area contributed by atoms with E-state index in [1.165, 1.54) is 10.5 Å². The van der Waals surface area contributed by atoms with Crippen LogP contribution in [0.1, 0.15) is 0 Å². The van der Waals surface area contributed by atoms with Crippen LogP contribution in [0.5, 0.6) is 0 Å². The smallest absolute Gasteiger partial charge is 0.158 e. The van der Waals surface area contributed by atoms with E-state index in [4.69, 9.17) is 5.84 Å². The summed E-state index contributed by atoms with van der Waals surface area (Å²) >= 11 is 6.65. The van der Waals surface area contributed by atoms with Gasteiger partial charge in [-0.25, -0.2) is 15.8 Å². The molecule has 0 bridgehead atoms. The van der Waals surface area contributed by atoms with Gasteiger partial charge in [-0.1, -0.05) is 17.8 Å². The Morgan fingerprint density at radius 3 is 3.00 bits per heavy atom. The summed E-state index contributed by atoms with van der Waals surface area (Å²) in [5.41, 5.74) is 2.51. The van der Waals surface area contributed by atoms with Gasteiger partial charge in [-0.15, -0.1) is 11.3 Å². The molecule has 2 aromatic rings. The van der Waals surface area contributed by atoms with Crippen molar-refractivity contribution in [2.24, 2.45) is 5.84 Å². The monoisotopic (exact) mass is 302 g/mol. The van der Waals surface area contributed by atoms with Crippen LogP contribution in [-0.4, -0.2) is 9.97 Å². The minimum atomic E-state index is 0.587. The summed E-state index contributed by atoms with van der Waals surface area (Å²) in [6, 6.07) is 4.05. The van der Waals surface area contributed by atoms with E-state index < -0.39 is 0 Å². The number of nitrogen functional groups attached to an aromatic ring is 1. The van der Waals surface area contributed by atoms with Crippen LogP contribution in [0.3, 0.4) is 0 Å². The first-order valence-electron chi connectivity index (χ1n) is 3.99. The standard InChI is InChI=1S/C8H7BrN4S2/c9-6-7(13-10)11-4-12-8(6)15-5-2-1-3-14-5/h1-4H,10H2,(H,11,12,13). The largest absolute Gasteiger partial charge is 0.307 e. The van der Waals surface area contributed by atoms with Crippen LogP contribution in [0.4, 0.5) is 5.82 Å². The molecule has 3 N–H and O–H groups in total. The zero-order valence-electron chi connectivity index (χ0n) is 7.48. The maximum Gasteiger partial charge on any atom is 0.158 e. The zero-order valence-corrected chi connectivity index (χ0v) is 10.7. The number of anilines is 1. The van der Waals surface area contributed by atoms with Crippen molar-refractivity contribution in [1.82, 2.24) is 9.97 Å². The quantitative estimate of drug-likeness (QED) is 0.518. The van der Waals surface area contributed by atoms with Gasteiger partial charge < -0.3 is 5.43 Å². The van der Waals surface area contributed by atoms with Gasteiger partial charge in [-0.3, -0.25) is 0 Å².